The molecule has 15 heavy (non-hydrogen) atoms. The minimum absolute atomic E-state index is 0.648. The summed E-state index contributed by atoms with van der Waals surface area (Å²) >= 11 is 0. The first-order valence-corrected chi connectivity index (χ1v) is 5.78. The summed E-state index contributed by atoms with van der Waals surface area (Å²) in [4.78, 5) is 0. The highest BCUT2D eigenvalue weighted by Crippen LogP contribution is 2.30. The van der Waals surface area contributed by atoms with Crippen LogP contribution in [0.1, 0.15) is 30.9 Å². The van der Waals surface area contributed by atoms with Crippen LogP contribution in [0.25, 0.3) is 0 Å². The number of aliphatic hydroxyl groups is 1. The van der Waals surface area contributed by atoms with Gasteiger partial charge in [-0.05, 0) is 36.9 Å². The Morgan fingerprint density at radius 3 is 2.87 bits per heavy atom. The van der Waals surface area contributed by atoms with Crippen LogP contribution in [-0.4, -0.2) is 18.2 Å². The van der Waals surface area contributed by atoms with Gasteiger partial charge in [0.25, 0.3) is 0 Å². The maximum Gasteiger partial charge on any atom is 0.102 e. The molecule has 2 rings (SSSR count). The molecule has 1 fully saturated rings. The Balaban J connectivity index is 2.34. The molecule has 0 radical (unpaired) electrons. The fourth-order valence-corrected chi connectivity index (χ4v) is 2.40. The van der Waals surface area contributed by atoms with Crippen molar-refractivity contribution in [1.82, 2.24) is 5.32 Å². The third-order valence-electron chi connectivity index (χ3n) is 3.26. The van der Waals surface area contributed by atoms with Crippen LogP contribution in [0.2, 0.25) is 0 Å². The van der Waals surface area contributed by atoms with Crippen molar-refractivity contribution in [1.29, 1.82) is 0 Å². The third-order valence-corrected chi connectivity index (χ3v) is 3.26. The van der Waals surface area contributed by atoms with Gasteiger partial charge in [-0.2, -0.15) is 0 Å². The molecule has 1 atom stereocenters. The number of piperidine rings is 1. The van der Waals surface area contributed by atoms with E-state index < -0.39 is 5.60 Å². The molecule has 2 heteroatoms. The number of aryl methyl sites for hydroxylation is 1. The second-order valence-electron chi connectivity index (χ2n) is 4.32. The lowest BCUT2D eigenvalue weighted by Gasteiger charge is -2.34. The van der Waals surface area contributed by atoms with Crippen LogP contribution in [0.15, 0.2) is 24.3 Å². The molecule has 0 unspecified atom stereocenters. The van der Waals surface area contributed by atoms with Gasteiger partial charge >= 0.3 is 0 Å². The summed E-state index contributed by atoms with van der Waals surface area (Å²) in [5.74, 6) is 0. The number of hydrogen-bond donors (Lipinski definition) is 2. The van der Waals surface area contributed by atoms with E-state index in [1.807, 2.05) is 12.1 Å². The lowest BCUT2D eigenvalue weighted by Crippen LogP contribution is -2.43. The molecule has 0 aromatic heterocycles. The molecule has 0 bridgehead atoms. The summed E-state index contributed by atoms with van der Waals surface area (Å²) in [5, 5.41) is 13.9. The highest BCUT2D eigenvalue weighted by Gasteiger charge is 2.32. The van der Waals surface area contributed by atoms with Crippen molar-refractivity contribution in [2.45, 2.75) is 31.8 Å². The Morgan fingerprint density at radius 1 is 1.40 bits per heavy atom. The molecule has 1 aromatic rings. The molecule has 1 saturated heterocycles. The Labute approximate surface area is 91.3 Å². The van der Waals surface area contributed by atoms with Gasteiger partial charge in [-0.1, -0.05) is 31.2 Å². The van der Waals surface area contributed by atoms with E-state index in [1.54, 1.807) is 0 Å². The lowest BCUT2D eigenvalue weighted by molar-refractivity contribution is 0.0115. The van der Waals surface area contributed by atoms with E-state index >= 15 is 0 Å². The van der Waals surface area contributed by atoms with E-state index in [0.29, 0.717) is 6.54 Å². The van der Waals surface area contributed by atoms with Crippen molar-refractivity contribution in [2.24, 2.45) is 0 Å². The number of rotatable bonds is 2. The maximum atomic E-state index is 10.6. The molecule has 0 spiro atoms. The fraction of sp³-hybridized carbons (Fsp3) is 0.538. The summed E-state index contributed by atoms with van der Waals surface area (Å²) in [5.41, 5.74) is 1.73. The predicted molar refractivity (Wildman–Crippen MR) is 61.8 cm³/mol. The smallest absolute Gasteiger partial charge is 0.102 e. The first-order chi connectivity index (χ1) is 7.26. The van der Waals surface area contributed by atoms with Gasteiger partial charge in [0.1, 0.15) is 5.60 Å². The number of hydrogen-bond acceptors (Lipinski definition) is 2. The Hall–Kier alpha value is -0.860. The van der Waals surface area contributed by atoms with Gasteiger partial charge in [-0.3, -0.25) is 0 Å². The van der Waals surface area contributed by atoms with Gasteiger partial charge in [0.15, 0.2) is 0 Å². The summed E-state index contributed by atoms with van der Waals surface area (Å²) in [6.07, 6.45) is 2.91. The average molecular weight is 205 g/mol. The highest BCUT2D eigenvalue weighted by atomic mass is 16.3. The molecule has 0 amide bonds. The van der Waals surface area contributed by atoms with E-state index in [4.69, 9.17) is 0 Å². The topological polar surface area (TPSA) is 32.3 Å². The van der Waals surface area contributed by atoms with Crippen molar-refractivity contribution >= 4 is 0 Å². The molecular weight excluding hydrogens is 186 g/mol. The van der Waals surface area contributed by atoms with Crippen molar-refractivity contribution in [2.75, 3.05) is 13.1 Å². The first kappa shape index (κ1) is 10.7. The molecule has 82 valence electrons. The summed E-state index contributed by atoms with van der Waals surface area (Å²) in [6, 6.07) is 8.23. The van der Waals surface area contributed by atoms with E-state index in [9.17, 15) is 5.11 Å². The lowest BCUT2D eigenvalue weighted by atomic mass is 9.83. The van der Waals surface area contributed by atoms with Crippen LogP contribution in [0.3, 0.4) is 0 Å². The SMILES string of the molecule is CCc1ccccc1[C@@]1(O)CCCNC1. The van der Waals surface area contributed by atoms with E-state index in [-0.39, 0.29) is 0 Å². The third kappa shape index (κ3) is 2.06. The van der Waals surface area contributed by atoms with Crippen LogP contribution < -0.4 is 5.32 Å². The van der Waals surface area contributed by atoms with Gasteiger partial charge in [0.05, 0.1) is 0 Å². The van der Waals surface area contributed by atoms with Gasteiger partial charge in [0, 0.05) is 6.54 Å². The predicted octanol–water partition coefficient (Wildman–Crippen LogP) is 1.82. The van der Waals surface area contributed by atoms with Crippen molar-refractivity contribution in [3.8, 4) is 0 Å². The first-order valence-electron chi connectivity index (χ1n) is 5.78. The molecule has 1 heterocycles. The molecule has 2 nitrogen and oxygen atoms in total. The van der Waals surface area contributed by atoms with Gasteiger partial charge in [-0.25, -0.2) is 0 Å². The Kier molecular flexibility index (Phi) is 3.08. The summed E-state index contributed by atoms with van der Waals surface area (Å²) in [6.45, 7) is 3.85. The van der Waals surface area contributed by atoms with Crippen LogP contribution in [-0.2, 0) is 12.0 Å². The van der Waals surface area contributed by atoms with Gasteiger partial charge in [0.2, 0.25) is 0 Å². The molecule has 1 aliphatic rings. The zero-order valence-corrected chi connectivity index (χ0v) is 9.29. The zero-order chi connectivity index (χ0) is 10.7. The minimum Gasteiger partial charge on any atom is -0.384 e. The number of nitrogens with one attached hydrogen (secondary N) is 1. The van der Waals surface area contributed by atoms with Crippen molar-refractivity contribution in [3.05, 3.63) is 35.4 Å². The van der Waals surface area contributed by atoms with Crippen LogP contribution in [0.4, 0.5) is 0 Å². The van der Waals surface area contributed by atoms with Gasteiger partial charge < -0.3 is 10.4 Å². The van der Waals surface area contributed by atoms with Gasteiger partial charge in [-0.15, -0.1) is 0 Å². The molecule has 0 aliphatic carbocycles. The van der Waals surface area contributed by atoms with Crippen LogP contribution in [0.5, 0.6) is 0 Å². The monoisotopic (exact) mass is 205 g/mol. The standard InChI is InChI=1S/C13H19NO/c1-2-11-6-3-4-7-12(11)13(15)8-5-9-14-10-13/h3-4,6-7,14-15H,2,5,8-10H2,1H3/t13-/m1/s1. The highest BCUT2D eigenvalue weighted by molar-refractivity contribution is 5.33. The molecule has 0 saturated carbocycles. The number of benzene rings is 1. The van der Waals surface area contributed by atoms with E-state index in [1.165, 1.54) is 5.56 Å². The molecule has 2 N–H and O–H groups in total. The molecule has 1 aliphatic heterocycles. The Morgan fingerprint density at radius 2 is 2.20 bits per heavy atom. The van der Waals surface area contributed by atoms with E-state index in [2.05, 4.69) is 24.4 Å². The summed E-state index contributed by atoms with van der Waals surface area (Å²) in [7, 11) is 0. The van der Waals surface area contributed by atoms with E-state index in [0.717, 1.165) is 31.4 Å². The van der Waals surface area contributed by atoms with Crippen molar-refractivity contribution < 1.29 is 5.11 Å². The second kappa shape index (κ2) is 4.33. The quantitative estimate of drug-likeness (QED) is 0.772. The molecule has 1 aromatic carbocycles. The average Bonchev–Trinajstić information content (AvgIpc) is 2.30. The summed E-state index contributed by atoms with van der Waals surface area (Å²) < 4.78 is 0. The second-order valence-corrected chi connectivity index (χ2v) is 4.32. The fourth-order valence-electron chi connectivity index (χ4n) is 2.40. The van der Waals surface area contributed by atoms with Crippen LogP contribution >= 0.6 is 0 Å². The maximum absolute atomic E-state index is 10.6. The molecular formula is C13H19NO. The largest absolute Gasteiger partial charge is 0.384 e. The van der Waals surface area contributed by atoms with Crippen molar-refractivity contribution in [3.63, 3.8) is 0 Å². The van der Waals surface area contributed by atoms with Crippen LogP contribution in [0, 0.1) is 0 Å². The number of β-amino-alcohol motifs (C(OH)–C–C–N with tert-alkyl or cyclic N) is 1. The zero-order valence-electron chi connectivity index (χ0n) is 9.29. The minimum atomic E-state index is -0.648. The normalized spacial score (nSPS) is 26.5. The Bertz CT molecular complexity index is 329.